The fourth-order valence-corrected chi connectivity index (χ4v) is 5.49. The highest BCUT2D eigenvalue weighted by atomic mass is 35.5. The lowest BCUT2D eigenvalue weighted by atomic mass is 9.67. The molecule has 3 heterocycles. The molecule has 162 valence electrons. The molecule has 0 saturated heterocycles. The van der Waals surface area contributed by atoms with Gasteiger partial charge in [0, 0.05) is 36.0 Å². The lowest BCUT2D eigenvalue weighted by molar-refractivity contribution is -0.0643. The van der Waals surface area contributed by atoms with Crippen molar-refractivity contribution in [2.75, 3.05) is 13.2 Å². The fraction of sp³-hybridized carbons (Fsp3) is 0.500. The number of nitrogens with two attached hydrogens (primary N) is 1. The molecule has 2 fully saturated rings. The molecular formula is C24H26ClN3O3. The van der Waals surface area contributed by atoms with Crippen molar-refractivity contribution in [3.05, 3.63) is 47.2 Å². The molecule has 2 saturated carbocycles. The number of nitrogens with zero attached hydrogens (tertiary/aromatic N) is 2. The molecule has 2 aromatic rings. The van der Waals surface area contributed by atoms with Crippen molar-refractivity contribution in [1.82, 2.24) is 4.98 Å². The van der Waals surface area contributed by atoms with Crippen LogP contribution in [0.3, 0.4) is 0 Å². The largest absolute Gasteiger partial charge is 0.490 e. The number of amidine groups is 1. The molecule has 2 aliphatic carbocycles. The summed E-state index contributed by atoms with van der Waals surface area (Å²) >= 11 is 6.18. The average molecular weight is 440 g/mol. The molecule has 1 spiro atoms. The predicted molar refractivity (Wildman–Crippen MR) is 118 cm³/mol. The van der Waals surface area contributed by atoms with Gasteiger partial charge < -0.3 is 19.9 Å². The van der Waals surface area contributed by atoms with E-state index in [9.17, 15) is 0 Å². The van der Waals surface area contributed by atoms with Gasteiger partial charge in [0.2, 0.25) is 0 Å². The quantitative estimate of drug-likeness (QED) is 0.768. The van der Waals surface area contributed by atoms with Crippen LogP contribution in [0.25, 0.3) is 11.1 Å². The van der Waals surface area contributed by atoms with Crippen molar-refractivity contribution in [1.29, 1.82) is 0 Å². The van der Waals surface area contributed by atoms with Crippen LogP contribution in [0.2, 0.25) is 5.02 Å². The fourth-order valence-electron chi connectivity index (χ4n) is 5.31. The Balaban J connectivity index is 1.38. The third kappa shape index (κ3) is 3.46. The summed E-state index contributed by atoms with van der Waals surface area (Å²) in [5.41, 5.74) is 8.51. The molecule has 6 nitrogen and oxygen atoms in total. The standard InChI is InChI=1S/C24H26ClN3O3/c25-17-7-16(10-27-11-17)15-3-5-21-19(8-15)24(13-30-23(26)28-24)20-9-18(4-6-22(20)31-21)29-12-14-1-2-14/h3,5,7-8,10-11,14,18,20,22H,1-2,4,6,9,12-13H2,(H2,26,28)/t18-,20-,22?,24+/m0/s1. The Hall–Kier alpha value is -2.31. The Morgan fingerprint density at radius 2 is 2.03 bits per heavy atom. The summed E-state index contributed by atoms with van der Waals surface area (Å²) in [6, 6.07) is 8.39. The van der Waals surface area contributed by atoms with Gasteiger partial charge in [0.15, 0.2) is 0 Å². The zero-order valence-electron chi connectivity index (χ0n) is 17.3. The number of hydrogen-bond acceptors (Lipinski definition) is 6. The van der Waals surface area contributed by atoms with Crippen molar-refractivity contribution in [2.24, 2.45) is 22.6 Å². The Bertz CT molecular complexity index is 1040. The van der Waals surface area contributed by atoms with E-state index in [-0.39, 0.29) is 24.1 Å². The van der Waals surface area contributed by atoms with Crippen LogP contribution in [-0.2, 0) is 15.0 Å². The molecule has 0 amide bonds. The second-order valence-electron chi connectivity index (χ2n) is 9.24. The average Bonchev–Trinajstić information content (AvgIpc) is 3.53. The lowest BCUT2D eigenvalue weighted by Gasteiger charge is -2.48. The maximum absolute atomic E-state index is 6.50. The van der Waals surface area contributed by atoms with E-state index in [2.05, 4.69) is 11.1 Å². The molecule has 6 rings (SSSR count). The zero-order chi connectivity index (χ0) is 21.0. The summed E-state index contributed by atoms with van der Waals surface area (Å²) in [6.07, 6.45) is 9.26. The molecule has 2 aliphatic heterocycles. The van der Waals surface area contributed by atoms with Gasteiger partial charge in [-0.15, -0.1) is 0 Å². The van der Waals surface area contributed by atoms with Gasteiger partial charge in [0.1, 0.15) is 24.0 Å². The topological polar surface area (TPSA) is 79.0 Å². The predicted octanol–water partition coefficient (Wildman–Crippen LogP) is 4.30. The Labute approximate surface area is 186 Å². The van der Waals surface area contributed by atoms with E-state index in [1.807, 2.05) is 24.4 Å². The van der Waals surface area contributed by atoms with Gasteiger partial charge in [0.05, 0.1) is 11.1 Å². The lowest BCUT2D eigenvalue weighted by Crippen LogP contribution is -2.52. The number of pyridine rings is 1. The molecule has 31 heavy (non-hydrogen) atoms. The van der Waals surface area contributed by atoms with Gasteiger partial charge >= 0.3 is 0 Å². The van der Waals surface area contributed by atoms with Crippen LogP contribution in [-0.4, -0.2) is 36.4 Å². The molecule has 0 radical (unpaired) electrons. The molecule has 2 N–H and O–H groups in total. The van der Waals surface area contributed by atoms with E-state index in [1.54, 1.807) is 6.20 Å². The maximum atomic E-state index is 6.50. The van der Waals surface area contributed by atoms with Crippen LogP contribution in [0.4, 0.5) is 0 Å². The van der Waals surface area contributed by atoms with Crippen LogP contribution >= 0.6 is 11.6 Å². The smallest absolute Gasteiger partial charge is 0.283 e. The first kappa shape index (κ1) is 19.4. The molecular weight excluding hydrogens is 414 g/mol. The highest BCUT2D eigenvalue weighted by Crippen LogP contribution is 2.53. The highest BCUT2D eigenvalue weighted by molar-refractivity contribution is 6.30. The minimum Gasteiger partial charge on any atom is -0.490 e. The third-order valence-electron chi connectivity index (χ3n) is 7.13. The summed E-state index contributed by atoms with van der Waals surface area (Å²) in [4.78, 5) is 9.13. The Kier molecular flexibility index (Phi) is 4.62. The number of benzene rings is 1. The SMILES string of the molecule is NC1=N[C@]2(CO1)c1cc(-c3cncc(Cl)c3)ccc1OC1CC[C@H](OCC3CC3)C[C@@H]12. The van der Waals surface area contributed by atoms with Gasteiger partial charge in [-0.1, -0.05) is 17.7 Å². The van der Waals surface area contributed by atoms with Crippen LogP contribution in [0.15, 0.2) is 41.7 Å². The van der Waals surface area contributed by atoms with E-state index in [4.69, 9.17) is 36.5 Å². The number of rotatable bonds is 4. The van der Waals surface area contributed by atoms with Crippen LogP contribution < -0.4 is 10.5 Å². The molecule has 1 aromatic heterocycles. The van der Waals surface area contributed by atoms with Gasteiger partial charge in [0.25, 0.3) is 6.02 Å². The third-order valence-corrected chi connectivity index (χ3v) is 7.34. The monoisotopic (exact) mass is 439 g/mol. The van der Waals surface area contributed by atoms with Crippen LogP contribution in [0, 0.1) is 11.8 Å². The number of ether oxygens (including phenoxy) is 3. The van der Waals surface area contributed by atoms with Crippen molar-refractivity contribution >= 4 is 17.6 Å². The Morgan fingerprint density at radius 1 is 1.13 bits per heavy atom. The molecule has 7 heteroatoms. The summed E-state index contributed by atoms with van der Waals surface area (Å²) in [6.45, 7) is 1.31. The molecule has 0 bridgehead atoms. The van der Waals surface area contributed by atoms with E-state index < -0.39 is 5.54 Å². The molecule has 4 aliphatic rings. The number of halogens is 1. The second kappa shape index (κ2) is 7.38. The highest BCUT2D eigenvalue weighted by Gasteiger charge is 2.55. The molecule has 1 aromatic carbocycles. The van der Waals surface area contributed by atoms with Gasteiger partial charge in [-0.05, 0) is 61.8 Å². The molecule has 4 atom stereocenters. The summed E-state index contributed by atoms with van der Waals surface area (Å²) < 4.78 is 18.5. The number of hydrogen-bond donors (Lipinski definition) is 1. The van der Waals surface area contributed by atoms with Crippen LogP contribution in [0.5, 0.6) is 5.75 Å². The normalized spacial score (nSPS) is 31.4. The summed E-state index contributed by atoms with van der Waals surface area (Å²) in [7, 11) is 0. The summed E-state index contributed by atoms with van der Waals surface area (Å²) in [5, 5.41) is 0.607. The van der Waals surface area contributed by atoms with Crippen molar-refractivity contribution in [2.45, 2.75) is 49.9 Å². The maximum Gasteiger partial charge on any atom is 0.283 e. The van der Waals surface area contributed by atoms with E-state index in [0.29, 0.717) is 11.6 Å². The number of fused-ring (bicyclic) bond motifs is 4. The van der Waals surface area contributed by atoms with Crippen LogP contribution in [0.1, 0.15) is 37.7 Å². The summed E-state index contributed by atoms with van der Waals surface area (Å²) in [5.74, 6) is 1.78. The van der Waals surface area contributed by atoms with E-state index in [1.165, 1.54) is 12.8 Å². The van der Waals surface area contributed by atoms with Gasteiger partial charge in [-0.2, -0.15) is 0 Å². The van der Waals surface area contributed by atoms with Crippen molar-refractivity contribution in [3.63, 3.8) is 0 Å². The second-order valence-corrected chi connectivity index (χ2v) is 9.68. The first-order chi connectivity index (χ1) is 15.1. The minimum atomic E-state index is -0.550. The zero-order valence-corrected chi connectivity index (χ0v) is 18.1. The Morgan fingerprint density at radius 3 is 2.81 bits per heavy atom. The van der Waals surface area contributed by atoms with Crippen molar-refractivity contribution in [3.8, 4) is 16.9 Å². The van der Waals surface area contributed by atoms with Gasteiger partial charge in [-0.25, -0.2) is 4.99 Å². The minimum absolute atomic E-state index is 0.0882. The van der Waals surface area contributed by atoms with E-state index in [0.717, 1.165) is 54.2 Å². The van der Waals surface area contributed by atoms with Gasteiger partial charge in [-0.3, -0.25) is 4.98 Å². The number of aromatic nitrogens is 1. The van der Waals surface area contributed by atoms with Crippen molar-refractivity contribution < 1.29 is 14.2 Å². The number of aliphatic imine (C=N–C) groups is 1. The first-order valence-electron chi connectivity index (χ1n) is 11.1. The molecule has 1 unspecified atom stereocenters. The van der Waals surface area contributed by atoms with E-state index >= 15 is 0 Å². The first-order valence-corrected chi connectivity index (χ1v) is 11.5.